The molecule has 0 bridgehead atoms. The highest BCUT2D eigenvalue weighted by atomic mass is 16.6. The smallest absolute Gasteiger partial charge is 0.306 e. The zero-order chi connectivity index (χ0) is 57.1. The standard InChI is InChI=1S/C73H138O6/c1-4-7-10-13-15-17-19-21-23-25-27-29-31-32-33-34-35-36-37-38-39-40-42-43-45-47-49-51-53-55-57-60-63-66-72(75)78-69-70(68-77-71(74)65-62-59-12-9-6-3)79-73(76)67-64-61-58-56-54-52-50-48-46-44-41-30-28-26-24-22-20-18-16-14-11-8-5-2/h25-28,70H,4-24,29-69H2,1-3H3/b27-25-,28-26-. The molecule has 0 aliphatic heterocycles. The predicted molar refractivity (Wildman–Crippen MR) is 344 cm³/mol. The molecule has 0 aliphatic carbocycles. The van der Waals surface area contributed by atoms with Crippen LogP contribution in [-0.2, 0) is 28.6 Å². The fraction of sp³-hybridized carbons (Fsp3) is 0.904. The van der Waals surface area contributed by atoms with Crippen LogP contribution in [0.15, 0.2) is 24.3 Å². The lowest BCUT2D eigenvalue weighted by Gasteiger charge is -2.18. The number of carbonyl (C=O) groups excluding carboxylic acids is 3. The number of unbranched alkanes of at least 4 members (excludes halogenated alkanes) is 52. The SMILES string of the molecule is CCCCCCCCCC/C=C\CCCCCCCCCCCCCCCCCCCCCCCC(=O)OCC(COC(=O)CCCCCCC)OC(=O)CCCCCCCCCCCCC/C=C\CCCCCCCCCC. The van der Waals surface area contributed by atoms with Crippen molar-refractivity contribution in [1.29, 1.82) is 0 Å². The van der Waals surface area contributed by atoms with Crippen molar-refractivity contribution in [2.75, 3.05) is 13.2 Å². The van der Waals surface area contributed by atoms with Crippen molar-refractivity contribution in [3.8, 4) is 0 Å². The summed E-state index contributed by atoms with van der Waals surface area (Å²) in [5.74, 6) is -0.855. The minimum atomic E-state index is -0.765. The summed E-state index contributed by atoms with van der Waals surface area (Å²) in [6, 6.07) is 0. The van der Waals surface area contributed by atoms with Crippen LogP contribution >= 0.6 is 0 Å². The summed E-state index contributed by atoms with van der Waals surface area (Å²) >= 11 is 0. The minimum absolute atomic E-state index is 0.0664. The van der Waals surface area contributed by atoms with E-state index in [0.29, 0.717) is 19.3 Å². The first kappa shape index (κ1) is 76.9. The van der Waals surface area contributed by atoms with Gasteiger partial charge < -0.3 is 14.2 Å². The van der Waals surface area contributed by atoms with Gasteiger partial charge in [-0.2, -0.15) is 0 Å². The number of rotatable bonds is 67. The second kappa shape index (κ2) is 68.4. The van der Waals surface area contributed by atoms with Crippen LogP contribution in [0, 0.1) is 0 Å². The van der Waals surface area contributed by atoms with Gasteiger partial charge in [0, 0.05) is 19.3 Å². The third-order valence-electron chi connectivity index (χ3n) is 16.4. The van der Waals surface area contributed by atoms with Gasteiger partial charge in [0.25, 0.3) is 0 Å². The average Bonchev–Trinajstić information content (AvgIpc) is 3.45. The maximum Gasteiger partial charge on any atom is 0.306 e. The molecule has 6 nitrogen and oxygen atoms in total. The largest absolute Gasteiger partial charge is 0.462 e. The molecule has 0 aromatic heterocycles. The van der Waals surface area contributed by atoms with Crippen LogP contribution in [0.5, 0.6) is 0 Å². The van der Waals surface area contributed by atoms with Crippen LogP contribution in [0.3, 0.4) is 0 Å². The van der Waals surface area contributed by atoms with Crippen molar-refractivity contribution >= 4 is 17.9 Å². The fourth-order valence-electron chi connectivity index (χ4n) is 11.0. The number of hydrogen-bond donors (Lipinski definition) is 0. The van der Waals surface area contributed by atoms with E-state index in [9.17, 15) is 14.4 Å². The van der Waals surface area contributed by atoms with Gasteiger partial charge in [-0.3, -0.25) is 14.4 Å². The van der Waals surface area contributed by atoms with Crippen LogP contribution in [0.25, 0.3) is 0 Å². The van der Waals surface area contributed by atoms with E-state index >= 15 is 0 Å². The van der Waals surface area contributed by atoms with Gasteiger partial charge in [0.05, 0.1) is 0 Å². The first-order valence-corrected chi connectivity index (χ1v) is 35.8. The maximum absolute atomic E-state index is 12.8. The third-order valence-corrected chi connectivity index (χ3v) is 16.4. The summed E-state index contributed by atoms with van der Waals surface area (Å²) in [5, 5.41) is 0. The molecule has 0 aromatic carbocycles. The lowest BCUT2D eigenvalue weighted by atomic mass is 10.0. The van der Waals surface area contributed by atoms with Gasteiger partial charge in [-0.15, -0.1) is 0 Å². The summed E-state index contributed by atoms with van der Waals surface area (Å²) in [6.07, 6.45) is 84.2. The summed E-state index contributed by atoms with van der Waals surface area (Å²) in [4.78, 5) is 38.0. The van der Waals surface area contributed by atoms with Gasteiger partial charge in [-0.1, -0.05) is 340 Å². The van der Waals surface area contributed by atoms with E-state index < -0.39 is 6.10 Å². The first-order chi connectivity index (χ1) is 39.0. The van der Waals surface area contributed by atoms with E-state index in [1.165, 1.54) is 302 Å². The van der Waals surface area contributed by atoms with Gasteiger partial charge in [-0.05, 0) is 70.6 Å². The van der Waals surface area contributed by atoms with Crippen molar-refractivity contribution in [2.24, 2.45) is 0 Å². The van der Waals surface area contributed by atoms with E-state index in [0.717, 1.165) is 64.2 Å². The lowest BCUT2D eigenvalue weighted by molar-refractivity contribution is -0.167. The molecule has 0 radical (unpaired) electrons. The number of esters is 3. The monoisotopic (exact) mass is 1110 g/mol. The molecule has 1 atom stereocenters. The van der Waals surface area contributed by atoms with E-state index in [-0.39, 0.29) is 31.1 Å². The molecule has 6 heteroatoms. The predicted octanol–water partition coefficient (Wildman–Crippen LogP) is 24.6. The van der Waals surface area contributed by atoms with Gasteiger partial charge >= 0.3 is 17.9 Å². The van der Waals surface area contributed by atoms with Crippen molar-refractivity contribution in [3.05, 3.63) is 24.3 Å². The molecule has 0 heterocycles. The van der Waals surface area contributed by atoms with E-state index in [1.54, 1.807) is 0 Å². The Morgan fingerprint density at radius 1 is 0.241 bits per heavy atom. The molecule has 0 rings (SSSR count). The van der Waals surface area contributed by atoms with E-state index in [1.807, 2.05) is 0 Å². The molecule has 0 aromatic rings. The Hall–Kier alpha value is -2.11. The lowest BCUT2D eigenvalue weighted by Crippen LogP contribution is -2.30. The first-order valence-electron chi connectivity index (χ1n) is 35.8. The Morgan fingerprint density at radius 3 is 0.633 bits per heavy atom. The van der Waals surface area contributed by atoms with Crippen LogP contribution < -0.4 is 0 Å². The molecule has 0 amide bonds. The molecule has 0 saturated carbocycles. The number of hydrogen-bond acceptors (Lipinski definition) is 6. The highest BCUT2D eigenvalue weighted by Gasteiger charge is 2.19. The van der Waals surface area contributed by atoms with Crippen molar-refractivity contribution in [2.45, 2.75) is 412 Å². The van der Waals surface area contributed by atoms with Gasteiger partial charge in [-0.25, -0.2) is 0 Å². The zero-order valence-corrected chi connectivity index (χ0v) is 53.7. The second-order valence-electron chi connectivity index (χ2n) is 24.5. The summed E-state index contributed by atoms with van der Waals surface area (Å²) in [5.41, 5.74) is 0. The molecule has 466 valence electrons. The average molecular weight is 1110 g/mol. The normalized spacial score (nSPS) is 12.1. The van der Waals surface area contributed by atoms with Crippen LogP contribution in [0.1, 0.15) is 406 Å². The minimum Gasteiger partial charge on any atom is -0.462 e. The molecule has 1 unspecified atom stereocenters. The van der Waals surface area contributed by atoms with Crippen LogP contribution in [-0.4, -0.2) is 37.2 Å². The van der Waals surface area contributed by atoms with Gasteiger partial charge in [0.1, 0.15) is 13.2 Å². The molecular weight excluding hydrogens is 973 g/mol. The third kappa shape index (κ3) is 66.6. The van der Waals surface area contributed by atoms with Gasteiger partial charge in [0.15, 0.2) is 6.10 Å². The van der Waals surface area contributed by atoms with Crippen LogP contribution in [0.2, 0.25) is 0 Å². The Bertz CT molecular complexity index is 1270. The van der Waals surface area contributed by atoms with Crippen molar-refractivity contribution in [1.82, 2.24) is 0 Å². The number of ether oxygens (including phenoxy) is 3. The Labute approximate surface area is 493 Å². The molecule has 0 N–H and O–H groups in total. The zero-order valence-electron chi connectivity index (χ0n) is 53.7. The van der Waals surface area contributed by atoms with Crippen LogP contribution in [0.4, 0.5) is 0 Å². The number of carbonyl (C=O) groups is 3. The molecule has 0 saturated heterocycles. The van der Waals surface area contributed by atoms with Crippen molar-refractivity contribution in [3.63, 3.8) is 0 Å². The van der Waals surface area contributed by atoms with Gasteiger partial charge in [0.2, 0.25) is 0 Å². The topological polar surface area (TPSA) is 78.9 Å². The summed E-state index contributed by atoms with van der Waals surface area (Å²) in [7, 11) is 0. The number of allylic oxidation sites excluding steroid dienone is 4. The fourth-order valence-corrected chi connectivity index (χ4v) is 11.0. The molecule has 0 aliphatic rings. The Kier molecular flexibility index (Phi) is 66.6. The Balaban J connectivity index is 3.88. The van der Waals surface area contributed by atoms with E-state index in [2.05, 4.69) is 45.1 Å². The molecule has 0 fully saturated rings. The highest BCUT2D eigenvalue weighted by molar-refractivity contribution is 5.71. The molecular formula is C73H138O6. The maximum atomic E-state index is 12.8. The second-order valence-corrected chi connectivity index (χ2v) is 24.5. The molecule has 79 heavy (non-hydrogen) atoms. The Morgan fingerprint density at radius 2 is 0.418 bits per heavy atom. The van der Waals surface area contributed by atoms with E-state index in [4.69, 9.17) is 14.2 Å². The molecule has 0 spiro atoms. The highest BCUT2D eigenvalue weighted by Crippen LogP contribution is 2.19. The van der Waals surface area contributed by atoms with Crippen molar-refractivity contribution < 1.29 is 28.6 Å². The summed E-state index contributed by atoms with van der Waals surface area (Å²) in [6.45, 7) is 6.63. The quantitative estimate of drug-likeness (QED) is 0.0261. The summed E-state index contributed by atoms with van der Waals surface area (Å²) < 4.78 is 16.8.